The average Bonchev–Trinajstić information content (AvgIpc) is 2.92. The molecule has 4 rings (SSSR count). The predicted molar refractivity (Wildman–Crippen MR) is 141 cm³/mol. The van der Waals surface area contributed by atoms with Crippen LogP contribution in [0, 0.1) is 23.3 Å². The lowest BCUT2D eigenvalue weighted by molar-refractivity contribution is 0.0188. The van der Waals surface area contributed by atoms with Gasteiger partial charge in [-0.3, -0.25) is 0 Å². The van der Waals surface area contributed by atoms with Crippen LogP contribution in [0.1, 0.15) is 91.8 Å². The molecule has 0 amide bonds. The van der Waals surface area contributed by atoms with E-state index < -0.39 is 40.9 Å². The molecule has 0 atom stereocenters. The van der Waals surface area contributed by atoms with Gasteiger partial charge in [0.25, 0.3) is 0 Å². The summed E-state index contributed by atoms with van der Waals surface area (Å²) >= 11 is 0. The van der Waals surface area contributed by atoms with Crippen LogP contribution >= 0.6 is 0 Å². The summed E-state index contributed by atoms with van der Waals surface area (Å²) in [6.45, 7) is 4.07. The predicted octanol–water partition coefficient (Wildman–Crippen LogP) is 9.09. The van der Waals surface area contributed by atoms with Gasteiger partial charge in [-0.25, -0.2) is 22.4 Å². The Morgan fingerprint density at radius 2 is 1.47 bits per heavy atom. The fourth-order valence-electron chi connectivity index (χ4n) is 5.26. The fraction of sp³-hybridized carbons (Fsp3) is 0.406. The Morgan fingerprint density at radius 3 is 2.13 bits per heavy atom. The van der Waals surface area contributed by atoms with Crippen LogP contribution in [0.5, 0.6) is 0 Å². The smallest absolute Gasteiger partial charge is 0.341 e. The van der Waals surface area contributed by atoms with Gasteiger partial charge in [0, 0.05) is 5.56 Å². The zero-order chi connectivity index (χ0) is 27.2. The first-order valence-corrected chi connectivity index (χ1v) is 13.6. The molecule has 0 saturated heterocycles. The number of halogens is 4. The van der Waals surface area contributed by atoms with Crippen molar-refractivity contribution in [1.82, 2.24) is 0 Å². The molecule has 0 unspecified atom stereocenters. The number of unbranched alkanes of at least 4 members (excludes halogenated alkanes) is 1. The van der Waals surface area contributed by atoms with Crippen LogP contribution in [0.2, 0.25) is 0 Å². The number of carbonyl (C=O) groups excluding carboxylic acids is 1. The largest absolute Gasteiger partial charge is 0.459 e. The van der Waals surface area contributed by atoms with Gasteiger partial charge in [0.2, 0.25) is 0 Å². The van der Waals surface area contributed by atoms with Gasteiger partial charge < -0.3 is 4.74 Å². The van der Waals surface area contributed by atoms with Crippen molar-refractivity contribution in [3.05, 3.63) is 94.1 Å². The third-order valence-corrected chi connectivity index (χ3v) is 7.49. The van der Waals surface area contributed by atoms with E-state index in [2.05, 4.69) is 6.92 Å². The third kappa shape index (κ3) is 6.11. The van der Waals surface area contributed by atoms with Crippen molar-refractivity contribution < 1.29 is 27.1 Å². The van der Waals surface area contributed by atoms with Crippen molar-refractivity contribution in [2.45, 2.75) is 83.7 Å². The summed E-state index contributed by atoms with van der Waals surface area (Å²) in [5.41, 5.74) is 2.01. The van der Waals surface area contributed by atoms with Gasteiger partial charge in [0.15, 0.2) is 23.3 Å². The number of benzene rings is 3. The van der Waals surface area contributed by atoms with Gasteiger partial charge in [-0.2, -0.15) is 0 Å². The molecular weight excluding hydrogens is 492 g/mol. The lowest BCUT2D eigenvalue weighted by Gasteiger charge is -2.29. The Hall–Kier alpha value is -3.15. The minimum atomic E-state index is -1.24. The Labute approximate surface area is 222 Å². The number of esters is 1. The molecule has 6 heteroatoms. The van der Waals surface area contributed by atoms with E-state index >= 15 is 0 Å². The average molecular weight is 527 g/mol. The molecular formula is C32H34F4O2. The first-order chi connectivity index (χ1) is 18.3. The lowest BCUT2D eigenvalue weighted by atomic mass is 9.82. The van der Waals surface area contributed by atoms with Gasteiger partial charge in [0.1, 0.15) is 6.10 Å². The van der Waals surface area contributed by atoms with Crippen LogP contribution in [0.4, 0.5) is 17.6 Å². The van der Waals surface area contributed by atoms with Crippen LogP contribution in [-0.2, 0) is 17.6 Å². The second-order valence-electron chi connectivity index (χ2n) is 10.2. The molecule has 38 heavy (non-hydrogen) atoms. The second kappa shape index (κ2) is 12.6. The molecule has 1 saturated carbocycles. The molecule has 3 aromatic rings. The van der Waals surface area contributed by atoms with E-state index in [4.69, 9.17) is 4.74 Å². The van der Waals surface area contributed by atoms with Gasteiger partial charge in [-0.05, 0) is 79.2 Å². The fourth-order valence-corrected chi connectivity index (χ4v) is 5.26. The molecule has 0 heterocycles. The summed E-state index contributed by atoms with van der Waals surface area (Å²) in [6, 6.07) is 13.2. The number of ether oxygens (including phenoxy) is 1. The van der Waals surface area contributed by atoms with E-state index in [0.717, 1.165) is 31.2 Å². The van der Waals surface area contributed by atoms with E-state index in [1.54, 1.807) is 24.3 Å². The first kappa shape index (κ1) is 27.9. The molecule has 1 aliphatic carbocycles. The summed E-state index contributed by atoms with van der Waals surface area (Å²) in [7, 11) is 0. The SMILES string of the molecule is CCCCc1ccc(C2CCC(OC(=O)c3ccc(-c4ccc(CCC)cc4)c(F)c3F)CC2)c(F)c1F. The van der Waals surface area contributed by atoms with Crippen molar-refractivity contribution in [3.63, 3.8) is 0 Å². The molecule has 202 valence electrons. The second-order valence-corrected chi connectivity index (χ2v) is 10.2. The maximum absolute atomic E-state index is 14.9. The molecule has 3 aromatic carbocycles. The Kier molecular flexibility index (Phi) is 9.24. The van der Waals surface area contributed by atoms with Crippen molar-refractivity contribution in [2.24, 2.45) is 0 Å². The van der Waals surface area contributed by atoms with Crippen molar-refractivity contribution >= 4 is 5.97 Å². The summed E-state index contributed by atoms with van der Waals surface area (Å²) in [6.07, 6.45) is 5.48. The molecule has 2 nitrogen and oxygen atoms in total. The number of aryl methyl sites for hydroxylation is 2. The zero-order valence-corrected chi connectivity index (χ0v) is 22.0. The van der Waals surface area contributed by atoms with Crippen LogP contribution < -0.4 is 0 Å². The van der Waals surface area contributed by atoms with Crippen LogP contribution in [-0.4, -0.2) is 12.1 Å². The zero-order valence-electron chi connectivity index (χ0n) is 22.0. The third-order valence-electron chi connectivity index (χ3n) is 7.49. The van der Waals surface area contributed by atoms with Crippen LogP contribution in [0.25, 0.3) is 11.1 Å². The summed E-state index contributed by atoms with van der Waals surface area (Å²) in [5.74, 6) is -5.01. The lowest BCUT2D eigenvalue weighted by Crippen LogP contribution is -2.25. The van der Waals surface area contributed by atoms with Crippen molar-refractivity contribution in [1.29, 1.82) is 0 Å². The van der Waals surface area contributed by atoms with Gasteiger partial charge >= 0.3 is 5.97 Å². The number of carbonyl (C=O) groups is 1. The molecule has 0 aliphatic heterocycles. The topological polar surface area (TPSA) is 26.3 Å². The molecule has 0 radical (unpaired) electrons. The highest BCUT2D eigenvalue weighted by Crippen LogP contribution is 2.37. The highest BCUT2D eigenvalue weighted by Gasteiger charge is 2.29. The minimum Gasteiger partial charge on any atom is -0.459 e. The molecule has 0 bridgehead atoms. The Morgan fingerprint density at radius 1 is 0.763 bits per heavy atom. The monoisotopic (exact) mass is 526 g/mol. The van der Waals surface area contributed by atoms with E-state index in [9.17, 15) is 22.4 Å². The van der Waals surface area contributed by atoms with Crippen molar-refractivity contribution in [2.75, 3.05) is 0 Å². The first-order valence-electron chi connectivity index (χ1n) is 13.6. The minimum absolute atomic E-state index is 0.0811. The Bertz CT molecular complexity index is 1260. The number of hydrogen-bond acceptors (Lipinski definition) is 2. The summed E-state index contributed by atoms with van der Waals surface area (Å²) in [5, 5.41) is 0. The molecule has 0 aromatic heterocycles. The maximum Gasteiger partial charge on any atom is 0.341 e. The van der Waals surface area contributed by atoms with Gasteiger partial charge in [-0.15, -0.1) is 0 Å². The summed E-state index contributed by atoms with van der Waals surface area (Å²) in [4.78, 5) is 12.7. The number of hydrogen-bond donors (Lipinski definition) is 0. The van der Waals surface area contributed by atoms with Crippen LogP contribution in [0.3, 0.4) is 0 Å². The van der Waals surface area contributed by atoms with E-state index in [0.29, 0.717) is 48.8 Å². The van der Waals surface area contributed by atoms with E-state index in [-0.39, 0.29) is 11.5 Å². The highest BCUT2D eigenvalue weighted by atomic mass is 19.2. The molecule has 0 N–H and O–H groups in total. The van der Waals surface area contributed by atoms with E-state index in [1.165, 1.54) is 12.1 Å². The highest BCUT2D eigenvalue weighted by molar-refractivity contribution is 5.90. The molecule has 0 spiro atoms. The van der Waals surface area contributed by atoms with E-state index in [1.807, 2.05) is 19.1 Å². The standard InChI is InChI=1S/C32H34F4O2/c1-3-5-7-23-14-17-25(29(34)28(23)33)22-12-15-24(16-13-22)38-32(37)27-19-18-26(30(35)31(27)36)21-10-8-20(6-4-2)9-11-21/h8-11,14,17-19,22,24H,3-7,12-13,15-16H2,1-2H3. The van der Waals surface area contributed by atoms with Crippen LogP contribution in [0.15, 0.2) is 48.5 Å². The molecule has 1 fully saturated rings. The normalized spacial score (nSPS) is 17.4. The maximum atomic E-state index is 14.9. The van der Waals surface area contributed by atoms with Gasteiger partial charge in [0.05, 0.1) is 5.56 Å². The Balaban J connectivity index is 1.39. The van der Waals surface area contributed by atoms with Crippen molar-refractivity contribution in [3.8, 4) is 11.1 Å². The quantitative estimate of drug-likeness (QED) is 0.205. The molecule has 1 aliphatic rings. The van der Waals surface area contributed by atoms with Gasteiger partial charge in [-0.1, -0.05) is 69.2 Å². The number of rotatable bonds is 9. The summed E-state index contributed by atoms with van der Waals surface area (Å²) < 4.78 is 64.5.